The molecule has 4 rings (SSSR count). The Morgan fingerprint density at radius 1 is 1.03 bits per heavy atom. The summed E-state index contributed by atoms with van der Waals surface area (Å²) in [6.07, 6.45) is 0. The second kappa shape index (κ2) is 7.99. The van der Waals surface area contributed by atoms with Crippen molar-refractivity contribution in [1.29, 1.82) is 0 Å². The smallest absolute Gasteiger partial charge is 0.493 e. The molecule has 0 bridgehead atoms. The molecule has 158 valence electrons. The number of fused-ring (bicyclic) bond motifs is 1. The van der Waals surface area contributed by atoms with Crippen LogP contribution in [0.4, 0.5) is 0 Å². The van der Waals surface area contributed by atoms with E-state index in [1.807, 2.05) is 11.4 Å². The van der Waals surface area contributed by atoms with Crippen LogP contribution in [0.3, 0.4) is 0 Å². The number of nitrogens with zero attached hydrogens (tertiary/aromatic N) is 1. The van der Waals surface area contributed by atoms with Crippen molar-refractivity contribution < 1.29 is 41.7 Å². The zero-order valence-electron chi connectivity index (χ0n) is 15.9. The normalized spacial score (nSPS) is 12.6. The number of benzene rings is 2. The molecule has 30 heavy (non-hydrogen) atoms. The fraction of sp³-hybridized carbons (Fsp3) is 0.167. The molecule has 0 spiro atoms. The lowest BCUT2D eigenvalue weighted by atomic mass is 10.0. The van der Waals surface area contributed by atoms with Crippen molar-refractivity contribution >= 4 is 21.9 Å². The molecule has 1 aromatic heterocycles. The summed E-state index contributed by atoms with van der Waals surface area (Å²) < 4.78 is 58.5. The Labute approximate surface area is 176 Å². The van der Waals surface area contributed by atoms with E-state index >= 15 is 0 Å². The fourth-order valence-electron chi connectivity index (χ4n) is 2.96. The van der Waals surface area contributed by atoms with Gasteiger partial charge < -0.3 is 23.1 Å². The molecule has 0 saturated carbocycles. The van der Waals surface area contributed by atoms with Crippen molar-refractivity contribution in [3.63, 3.8) is 0 Å². The summed E-state index contributed by atoms with van der Waals surface area (Å²) >= 11 is 1.25. The molecule has 12 heteroatoms. The largest absolute Gasteiger partial charge is 0.495 e. The highest BCUT2D eigenvalue weighted by Gasteiger charge is 2.24. The minimum Gasteiger partial charge on any atom is -0.493 e. The van der Waals surface area contributed by atoms with E-state index < -0.39 is 10.4 Å². The third-order valence-electron chi connectivity index (χ3n) is 4.31. The Bertz CT molecular complexity index is 1190. The summed E-state index contributed by atoms with van der Waals surface area (Å²) in [4.78, 5) is 0. The van der Waals surface area contributed by atoms with Crippen LogP contribution in [0.5, 0.6) is 28.7 Å². The van der Waals surface area contributed by atoms with Crippen LogP contribution in [0.1, 0.15) is 0 Å². The van der Waals surface area contributed by atoms with E-state index in [9.17, 15) is 8.42 Å². The Balaban J connectivity index is 1.79. The Hall–Kier alpha value is -3.06. The molecule has 10 nitrogen and oxygen atoms in total. The van der Waals surface area contributed by atoms with Gasteiger partial charge in [0.05, 0.1) is 19.9 Å². The molecule has 0 radical (unpaired) electrons. The highest BCUT2D eigenvalue weighted by atomic mass is 32.3. The van der Waals surface area contributed by atoms with Crippen molar-refractivity contribution in [2.75, 3.05) is 21.0 Å². The Morgan fingerprint density at radius 3 is 2.53 bits per heavy atom. The molecule has 3 aromatic rings. The summed E-state index contributed by atoms with van der Waals surface area (Å²) in [5.41, 5.74) is 2.81. The van der Waals surface area contributed by atoms with Gasteiger partial charge in [-0.1, -0.05) is 6.07 Å². The van der Waals surface area contributed by atoms with Gasteiger partial charge in [-0.2, -0.15) is 18.7 Å². The van der Waals surface area contributed by atoms with E-state index in [1.165, 1.54) is 24.7 Å². The average Bonchev–Trinajstić information content (AvgIpc) is 3.42. The summed E-state index contributed by atoms with van der Waals surface area (Å²) in [6, 6.07) is 8.48. The van der Waals surface area contributed by atoms with Gasteiger partial charge in [-0.05, 0) is 45.6 Å². The first-order chi connectivity index (χ1) is 14.5. The summed E-state index contributed by atoms with van der Waals surface area (Å²) in [7, 11) is -1.38. The topological polar surface area (TPSA) is 130 Å². The monoisotopic (exact) mass is 453 g/mol. The third kappa shape index (κ3) is 3.73. The molecule has 0 fully saturated rings. The van der Waals surface area contributed by atoms with E-state index in [-0.39, 0.29) is 18.3 Å². The fourth-order valence-corrected chi connectivity index (χ4v) is 4.07. The molecule has 0 atom stereocenters. The van der Waals surface area contributed by atoms with Gasteiger partial charge in [-0.15, -0.1) is 0 Å². The Kier molecular flexibility index (Phi) is 5.39. The highest BCUT2D eigenvalue weighted by Crippen LogP contribution is 2.46. The second-order valence-electron chi connectivity index (χ2n) is 5.96. The molecule has 0 unspecified atom stereocenters. The lowest BCUT2D eigenvalue weighted by Gasteiger charge is -2.11. The van der Waals surface area contributed by atoms with E-state index in [4.69, 9.17) is 23.1 Å². The van der Waals surface area contributed by atoms with Gasteiger partial charge in [-0.3, -0.25) is 0 Å². The zero-order valence-corrected chi connectivity index (χ0v) is 17.5. The van der Waals surface area contributed by atoms with Gasteiger partial charge in [-0.25, -0.2) is 0 Å². The first-order valence-electron chi connectivity index (χ1n) is 8.44. The maximum absolute atomic E-state index is 11.7. The molecule has 0 aliphatic carbocycles. The Morgan fingerprint density at radius 2 is 1.80 bits per heavy atom. The quantitative estimate of drug-likeness (QED) is 0.534. The minimum absolute atomic E-state index is 0.0425. The molecular weight excluding hydrogens is 436 g/mol. The number of hydrogen-bond acceptors (Lipinski definition) is 10. The molecular formula is C18H17N2O8S2+. The number of ether oxygens (including phenoxy) is 4. The zero-order chi connectivity index (χ0) is 21.3. The van der Waals surface area contributed by atoms with Crippen molar-refractivity contribution in [3.8, 4) is 51.1 Å². The van der Waals surface area contributed by atoms with Gasteiger partial charge in [0.15, 0.2) is 23.0 Å². The highest BCUT2D eigenvalue weighted by molar-refractivity contribution is 7.82. The van der Waals surface area contributed by atoms with Gasteiger partial charge in [0.2, 0.25) is 12.5 Å². The van der Waals surface area contributed by atoms with E-state index in [1.54, 1.807) is 25.3 Å². The van der Waals surface area contributed by atoms with Gasteiger partial charge in [0, 0.05) is 16.5 Å². The third-order valence-corrected chi connectivity index (χ3v) is 5.61. The van der Waals surface area contributed by atoms with Crippen LogP contribution in [-0.2, 0) is 14.7 Å². The lowest BCUT2D eigenvalue weighted by Crippen LogP contribution is -2.52. The number of methoxy groups -OCH3 is 2. The summed E-state index contributed by atoms with van der Waals surface area (Å²) in [6.45, 7) is 0.112. The maximum Gasteiger partial charge on any atom is 0.495 e. The van der Waals surface area contributed by atoms with Crippen LogP contribution in [-0.4, -0.2) is 33.8 Å². The molecule has 0 saturated heterocycles. The number of rotatable bonds is 7. The molecule has 1 aliphatic rings. The second-order valence-corrected chi connectivity index (χ2v) is 7.81. The van der Waals surface area contributed by atoms with Crippen molar-refractivity contribution in [2.45, 2.75) is 0 Å². The predicted octanol–water partition coefficient (Wildman–Crippen LogP) is 2.02. The molecule has 2 heterocycles. The predicted molar refractivity (Wildman–Crippen MR) is 106 cm³/mol. The number of hydrogen-bond donors (Lipinski definition) is 1. The van der Waals surface area contributed by atoms with Crippen molar-refractivity contribution in [1.82, 2.24) is 4.37 Å². The molecule has 2 aromatic carbocycles. The summed E-state index contributed by atoms with van der Waals surface area (Å²) in [5, 5.41) is 1.84. The van der Waals surface area contributed by atoms with Gasteiger partial charge >= 0.3 is 10.4 Å². The van der Waals surface area contributed by atoms with Crippen LogP contribution < -0.4 is 29.0 Å². The van der Waals surface area contributed by atoms with Crippen LogP contribution in [0, 0.1) is 0 Å². The first-order valence-corrected chi connectivity index (χ1v) is 10.6. The van der Waals surface area contributed by atoms with E-state index in [0.29, 0.717) is 28.5 Å². The first kappa shape index (κ1) is 20.2. The maximum atomic E-state index is 11.7. The van der Waals surface area contributed by atoms with Crippen LogP contribution in [0.25, 0.3) is 22.4 Å². The number of quaternary nitrogens is 1. The van der Waals surface area contributed by atoms with Crippen molar-refractivity contribution in [2.24, 2.45) is 0 Å². The molecule has 0 amide bonds. The van der Waals surface area contributed by atoms with Crippen LogP contribution in [0.15, 0.2) is 35.7 Å². The van der Waals surface area contributed by atoms with Crippen molar-refractivity contribution in [3.05, 3.63) is 35.7 Å². The van der Waals surface area contributed by atoms with Gasteiger partial charge in [0.1, 0.15) is 0 Å². The van der Waals surface area contributed by atoms with E-state index in [2.05, 4.69) is 14.6 Å². The van der Waals surface area contributed by atoms with Crippen LogP contribution in [0.2, 0.25) is 0 Å². The van der Waals surface area contributed by atoms with Gasteiger partial charge in [0.25, 0.3) is 0 Å². The molecule has 3 N–H and O–H groups in total. The summed E-state index contributed by atoms with van der Waals surface area (Å²) in [5.74, 6) is 4.68. The average molecular weight is 453 g/mol. The van der Waals surface area contributed by atoms with E-state index in [0.717, 1.165) is 11.1 Å². The minimum atomic E-state index is -4.32. The number of aromatic nitrogens is 1. The SMILES string of the molecule is COc1ccc(-c2csnc2-c2cc(OC)c3c(c2)OCO3)cc1OS(=O)(=O)O[NH3+]. The molecule has 1 aliphatic heterocycles. The standard InChI is InChI=1S/C18H17N2O8S2/c1-23-13-4-3-10(5-14(13)27-30(21,22)28-19)12-8-29-20-17(12)11-6-15(24-2)18-16(7-11)25-9-26-18/h3-8H,9H2,1-2,19H3/q+1. The van der Waals surface area contributed by atoms with Crippen LogP contribution >= 0.6 is 11.5 Å². The lowest BCUT2D eigenvalue weighted by molar-refractivity contribution is -0.636.